The first kappa shape index (κ1) is 28.8. The number of rotatable bonds is 9. The van der Waals surface area contributed by atoms with E-state index in [-0.39, 0.29) is 11.3 Å². The fourth-order valence-corrected chi connectivity index (χ4v) is 3.83. The van der Waals surface area contributed by atoms with Crippen LogP contribution in [0.25, 0.3) is 6.08 Å². The van der Waals surface area contributed by atoms with E-state index in [1.54, 1.807) is 84.9 Å². The Morgan fingerprint density at radius 2 is 1.44 bits per heavy atom. The van der Waals surface area contributed by atoms with Gasteiger partial charge < -0.3 is 15.0 Å². The molecule has 0 spiro atoms. The average molecular weight is 567 g/mol. The Morgan fingerprint density at radius 1 is 0.805 bits per heavy atom. The van der Waals surface area contributed by atoms with Gasteiger partial charge in [-0.25, -0.2) is 10.2 Å². The van der Waals surface area contributed by atoms with Crippen molar-refractivity contribution in [3.8, 4) is 5.75 Å². The second-order valence-electron chi connectivity index (χ2n) is 9.00. The van der Waals surface area contributed by atoms with Gasteiger partial charge in [0, 0.05) is 25.3 Å². The second-order valence-corrected chi connectivity index (χ2v) is 9.41. The molecule has 0 aliphatic heterocycles. The predicted molar refractivity (Wildman–Crippen MR) is 161 cm³/mol. The van der Waals surface area contributed by atoms with Crippen LogP contribution >= 0.6 is 11.6 Å². The van der Waals surface area contributed by atoms with E-state index >= 15 is 0 Å². The van der Waals surface area contributed by atoms with E-state index in [2.05, 4.69) is 15.8 Å². The lowest BCUT2D eigenvalue weighted by Crippen LogP contribution is -2.32. The zero-order valence-electron chi connectivity index (χ0n) is 22.4. The molecule has 2 N–H and O–H groups in total. The van der Waals surface area contributed by atoms with Crippen molar-refractivity contribution in [2.24, 2.45) is 5.10 Å². The lowest BCUT2D eigenvalue weighted by atomic mass is 10.1. The highest BCUT2D eigenvalue weighted by Crippen LogP contribution is 2.19. The molecule has 9 heteroatoms. The summed E-state index contributed by atoms with van der Waals surface area (Å²) in [5.74, 6) is -1.28. The molecule has 0 bridgehead atoms. The summed E-state index contributed by atoms with van der Waals surface area (Å²) < 4.78 is 5.37. The van der Waals surface area contributed by atoms with Gasteiger partial charge in [-0.1, -0.05) is 54.1 Å². The molecule has 0 aliphatic rings. The van der Waals surface area contributed by atoms with Crippen molar-refractivity contribution in [1.29, 1.82) is 0 Å². The number of hydrogen-bond donors (Lipinski definition) is 2. The van der Waals surface area contributed by atoms with Crippen LogP contribution in [0, 0.1) is 0 Å². The molecular weight excluding hydrogens is 540 g/mol. The number of hydrazone groups is 1. The first-order valence-corrected chi connectivity index (χ1v) is 12.9. The number of anilines is 1. The summed E-state index contributed by atoms with van der Waals surface area (Å²) in [6.45, 7) is 0. The number of ether oxygens (including phenoxy) is 1. The van der Waals surface area contributed by atoms with Gasteiger partial charge in [0.1, 0.15) is 11.4 Å². The van der Waals surface area contributed by atoms with Crippen molar-refractivity contribution in [3.63, 3.8) is 0 Å². The second kappa shape index (κ2) is 13.7. The molecule has 8 nitrogen and oxygen atoms in total. The third-order valence-electron chi connectivity index (χ3n) is 5.81. The minimum atomic E-state index is -0.604. The van der Waals surface area contributed by atoms with Gasteiger partial charge in [-0.15, -0.1) is 0 Å². The van der Waals surface area contributed by atoms with E-state index in [1.807, 2.05) is 43.3 Å². The molecule has 0 aliphatic carbocycles. The van der Waals surface area contributed by atoms with Crippen molar-refractivity contribution in [1.82, 2.24) is 10.7 Å². The SMILES string of the molecule is CN(C)c1ccc(/C=C(/NC(=O)c2ccccc2)C(=O)N/N=C/c2ccc(OC(=O)c3ccccc3Cl)cc2)cc1. The molecule has 0 aromatic heterocycles. The molecule has 0 atom stereocenters. The monoisotopic (exact) mass is 566 g/mol. The average Bonchev–Trinajstić information content (AvgIpc) is 2.98. The van der Waals surface area contributed by atoms with Crippen LogP contribution in [0.1, 0.15) is 31.8 Å². The number of amides is 2. The Bertz CT molecular complexity index is 1580. The summed E-state index contributed by atoms with van der Waals surface area (Å²) in [6, 6.07) is 29.3. The van der Waals surface area contributed by atoms with Crippen LogP contribution in [0.5, 0.6) is 5.75 Å². The van der Waals surface area contributed by atoms with Gasteiger partial charge in [-0.3, -0.25) is 9.59 Å². The number of nitrogens with one attached hydrogen (secondary N) is 2. The van der Waals surface area contributed by atoms with Gasteiger partial charge in [-0.2, -0.15) is 5.10 Å². The summed E-state index contributed by atoms with van der Waals surface area (Å²) in [6.07, 6.45) is 3.01. The largest absolute Gasteiger partial charge is 0.423 e. The molecule has 4 rings (SSSR count). The third-order valence-corrected chi connectivity index (χ3v) is 6.14. The van der Waals surface area contributed by atoms with Crippen molar-refractivity contribution >= 4 is 47.4 Å². The molecule has 0 saturated heterocycles. The minimum Gasteiger partial charge on any atom is -0.423 e. The number of carbonyl (C=O) groups excluding carboxylic acids is 3. The first-order chi connectivity index (χ1) is 19.8. The Hall–Kier alpha value is -5.21. The summed E-state index contributed by atoms with van der Waals surface area (Å²) in [7, 11) is 3.87. The molecule has 2 amide bonds. The van der Waals surface area contributed by atoms with E-state index in [0.717, 1.165) is 11.3 Å². The fraction of sp³-hybridized carbons (Fsp3) is 0.0625. The predicted octanol–water partition coefficient (Wildman–Crippen LogP) is 5.55. The van der Waals surface area contributed by atoms with Crippen LogP contribution in [-0.4, -0.2) is 38.1 Å². The number of carbonyl (C=O) groups is 3. The third kappa shape index (κ3) is 8.14. The highest BCUT2D eigenvalue weighted by molar-refractivity contribution is 6.33. The summed E-state index contributed by atoms with van der Waals surface area (Å²) in [5.41, 5.74) is 5.51. The van der Waals surface area contributed by atoms with Crippen LogP contribution in [0.3, 0.4) is 0 Å². The number of esters is 1. The molecule has 0 fully saturated rings. The van der Waals surface area contributed by atoms with Crippen molar-refractivity contribution in [2.75, 3.05) is 19.0 Å². The van der Waals surface area contributed by atoms with Gasteiger partial charge in [0.2, 0.25) is 0 Å². The van der Waals surface area contributed by atoms with Crippen LogP contribution < -0.4 is 20.4 Å². The van der Waals surface area contributed by atoms with Gasteiger partial charge in [0.15, 0.2) is 0 Å². The summed E-state index contributed by atoms with van der Waals surface area (Å²) >= 11 is 6.06. The van der Waals surface area contributed by atoms with E-state index < -0.39 is 17.8 Å². The maximum Gasteiger partial charge on any atom is 0.345 e. The van der Waals surface area contributed by atoms with Crippen LogP contribution in [0.15, 0.2) is 114 Å². The topological polar surface area (TPSA) is 100 Å². The van der Waals surface area contributed by atoms with E-state index in [9.17, 15) is 14.4 Å². The number of nitrogens with zero attached hydrogens (tertiary/aromatic N) is 2. The smallest absolute Gasteiger partial charge is 0.345 e. The molecule has 0 unspecified atom stereocenters. The minimum absolute atomic E-state index is 0.0236. The van der Waals surface area contributed by atoms with Gasteiger partial charge in [0.05, 0.1) is 16.8 Å². The quantitative estimate of drug-likeness (QED) is 0.0910. The number of benzene rings is 4. The highest BCUT2D eigenvalue weighted by atomic mass is 35.5. The van der Waals surface area contributed by atoms with E-state index in [4.69, 9.17) is 16.3 Å². The van der Waals surface area contributed by atoms with Crippen molar-refractivity contribution < 1.29 is 19.1 Å². The molecule has 0 radical (unpaired) electrons. The highest BCUT2D eigenvalue weighted by Gasteiger charge is 2.15. The molecule has 41 heavy (non-hydrogen) atoms. The maximum absolute atomic E-state index is 13.0. The zero-order valence-corrected chi connectivity index (χ0v) is 23.1. The van der Waals surface area contributed by atoms with E-state index in [1.165, 1.54) is 6.21 Å². The summed E-state index contributed by atoms with van der Waals surface area (Å²) in [5, 5.41) is 7.00. The van der Waals surface area contributed by atoms with E-state index in [0.29, 0.717) is 21.9 Å². The number of halogens is 1. The van der Waals surface area contributed by atoms with Gasteiger partial charge in [-0.05, 0) is 77.9 Å². The Balaban J connectivity index is 1.44. The molecule has 206 valence electrons. The Labute approximate surface area is 242 Å². The number of hydrogen-bond acceptors (Lipinski definition) is 6. The maximum atomic E-state index is 13.0. The Kier molecular flexibility index (Phi) is 9.64. The molecule has 4 aromatic rings. The van der Waals surface area contributed by atoms with Crippen molar-refractivity contribution in [3.05, 3.63) is 136 Å². The molecule has 0 saturated carbocycles. The van der Waals surface area contributed by atoms with Crippen LogP contribution in [0.4, 0.5) is 5.69 Å². The van der Waals surface area contributed by atoms with Crippen molar-refractivity contribution in [2.45, 2.75) is 0 Å². The standard InChI is InChI=1S/C32H27ClN4O4/c1-37(2)25-16-12-22(13-17-25)20-29(35-30(38)24-8-4-3-5-9-24)31(39)36-34-21-23-14-18-26(19-15-23)41-32(40)27-10-6-7-11-28(27)33/h3-21H,1-2H3,(H,35,38)(H,36,39)/b29-20+,34-21+. The fourth-order valence-electron chi connectivity index (χ4n) is 3.61. The lowest BCUT2D eigenvalue weighted by Gasteiger charge is -2.12. The molecule has 4 aromatic carbocycles. The molecule has 0 heterocycles. The summed E-state index contributed by atoms with van der Waals surface area (Å²) in [4.78, 5) is 40.1. The first-order valence-electron chi connectivity index (χ1n) is 12.6. The van der Waals surface area contributed by atoms with Crippen LogP contribution in [-0.2, 0) is 4.79 Å². The molecular formula is C32H27ClN4O4. The normalized spacial score (nSPS) is 11.1. The Morgan fingerprint density at radius 3 is 2.10 bits per heavy atom. The van der Waals surface area contributed by atoms with Crippen LogP contribution in [0.2, 0.25) is 5.02 Å². The van der Waals surface area contributed by atoms with Gasteiger partial charge in [0.25, 0.3) is 11.8 Å². The zero-order chi connectivity index (χ0) is 29.2. The van der Waals surface area contributed by atoms with Gasteiger partial charge >= 0.3 is 5.97 Å². The lowest BCUT2D eigenvalue weighted by molar-refractivity contribution is -0.117.